The quantitative estimate of drug-likeness (QED) is 0.821. The largest absolute Gasteiger partial charge is 0.330 e. The Labute approximate surface area is 125 Å². The van der Waals surface area contributed by atoms with E-state index in [-0.39, 0.29) is 5.91 Å². The second kappa shape index (κ2) is 7.59. The molecule has 1 heterocycles. The summed E-state index contributed by atoms with van der Waals surface area (Å²) in [5.74, 6) is 0.521. The lowest BCUT2D eigenvalue weighted by atomic mass is 10.0. The Balaban J connectivity index is 1.91. The van der Waals surface area contributed by atoms with Crippen LogP contribution in [0.3, 0.4) is 0 Å². The van der Waals surface area contributed by atoms with Crippen LogP contribution in [0.1, 0.15) is 26.2 Å². The number of rotatable bonds is 7. The lowest BCUT2D eigenvalue weighted by Gasteiger charge is -2.10. The summed E-state index contributed by atoms with van der Waals surface area (Å²) in [4.78, 5) is 12.0. The lowest BCUT2D eigenvalue weighted by Crippen LogP contribution is -2.14. The zero-order valence-electron chi connectivity index (χ0n) is 12.3. The van der Waals surface area contributed by atoms with Crippen molar-refractivity contribution in [1.29, 1.82) is 0 Å². The Morgan fingerprint density at radius 3 is 2.95 bits per heavy atom. The van der Waals surface area contributed by atoms with Crippen molar-refractivity contribution in [2.75, 3.05) is 11.9 Å². The molecular weight excluding hydrogens is 264 g/mol. The van der Waals surface area contributed by atoms with Gasteiger partial charge in [-0.15, -0.1) is 0 Å². The number of carbonyl (C=O) groups is 1. The van der Waals surface area contributed by atoms with Gasteiger partial charge in [0.1, 0.15) is 0 Å². The highest BCUT2D eigenvalue weighted by Crippen LogP contribution is 2.15. The number of carbonyl (C=O) groups excluding carboxylic acids is 1. The average Bonchev–Trinajstić information content (AvgIpc) is 3.00. The first-order valence-corrected chi connectivity index (χ1v) is 7.29. The molecular formula is C16H22N4O. The minimum Gasteiger partial charge on any atom is -0.330 e. The molecule has 0 saturated carbocycles. The fourth-order valence-electron chi connectivity index (χ4n) is 2.18. The Morgan fingerprint density at radius 1 is 1.38 bits per heavy atom. The summed E-state index contributed by atoms with van der Waals surface area (Å²) in [5.41, 5.74) is 7.23. The van der Waals surface area contributed by atoms with Gasteiger partial charge in [-0.1, -0.05) is 13.0 Å². The van der Waals surface area contributed by atoms with Gasteiger partial charge in [0.2, 0.25) is 5.91 Å². The summed E-state index contributed by atoms with van der Waals surface area (Å²) in [6, 6.07) is 9.52. The average molecular weight is 286 g/mol. The van der Waals surface area contributed by atoms with Crippen LogP contribution in [0.4, 0.5) is 5.69 Å². The molecule has 1 aromatic carbocycles. The number of hydrogen-bond acceptors (Lipinski definition) is 3. The summed E-state index contributed by atoms with van der Waals surface area (Å²) in [5, 5.41) is 7.11. The number of nitrogens with one attached hydrogen (secondary N) is 1. The molecule has 2 rings (SSSR count). The van der Waals surface area contributed by atoms with Gasteiger partial charge in [-0.3, -0.25) is 4.79 Å². The SMILES string of the molecule is CC(CCN)CCC(=O)Nc1cccc(-n2cccn2)c1. The maximum absolute atomic E-state index is 12.0. The summed E-state index contributed by atoms with van der Waals surface area (Å²) >= 11 is 0. The number of nitrogens with zero attached hydrogens (tertiary/aromatic N) is 2. The van der Waals surface area contributed by atoms with Gasteiger partial charge in [-0.2, -0.15) is 5.10 Å². The van der Waals surface area contributed by atoms with Crippen molar-refractivity contribution in [2.24, 2.45) is 11.7 Å². The summed E-state index contributed by atoms with van der Waals surface area (Å²) in [7, 11) is 0. The van der Waals surface area contributed by atoms with Crippen LogP contribution < -0.4 is 11.1 Å². The molecule has 0 aliphatic heterocycles. The van der Waals surface area contributed by atoms with Crippen LogP contribution in [0.2, 0.25) is 0 Å². The number of nitrogens with two attached hydrogens (primary N) is 1. The third kappa shape index (κ3) is 4.72. The highest BCUT2D eigenvalue weighted by atomic mass is 16.1. The highest BCUT2D eigenvalue weighted by Gasteiger charge is 2.07. The standard InChI is InChI=1S/C16H22N4O/c1-13(8-9-17)6-7-16(21)19-14-4-2-5-15(12-14)20-11-3-10-18-20/h2-5,10-13H,6-9,17H2,1H3,(H,19,21). The van der Waals surface area contributed by atoms with Gasteiger partial charge in [0, 0.05) is 24.5 Å². The summed E-state index contributed by atoms with van der Waals surface area (Å²) < 4.78 is 1.76. The molecule has 5 heteroatoms. The van der Waals surface area contributed by atoms with E-state index in [0.717, 1.165) is 24.2 Å². The van der Waals surface area contributed by atoms with Gasteiger partial charge in [-0.05, 0) is 49.6 Å². The molecule has 1 amide bonds. The maximum Gasteiger partial charge on any atom is 0.224 e. The molecule has 21 heavy (non-hydrogen) atoms. The second-order valence-corrected chi connectivity index (χ2v) is 5.27. The Hall–Kier alpha value is -2.14. The number of anilines is 1. The molecule has 1 aromatic heterocycles. The molecule has 112 valence electrons. The minimum atomic E-state index is 0.0384. The van der Waals surface area contributed by atoms with Gasteiger partial charge in [-0.25, -0.2) is 4.68 Å². The molecule has 0 aliphatic rings. The molecule has 0 fully saturated rings. The summed E-state index contributed by atoms with van der Waals surface area (Å²) in [6.07, 6.45) is 5.94. The lowest BCUT2D eigenvalue weighted by molar-refractivity contribution is -0.116. The number of amides is 1. The zero-order valence-corrected chi connectivity index (χ0v) is 12.3. The van der Waals surface area contributed by atoms with Gasteiger partial charge >= 0.3 is 0 Å². The number of hydrogen-bond donors (Lipinski definition) is 2. The van der Waals surface area contributed by atoms with Crippen LogP contribution in [0, 0.1) is 5.92 Å². The van der Waals surface area contributed by atoms with E-state index in [2.05, 4.69) is 17.3 Å². The predicted molar refractivity (Wildman–Crippen MR) is 84.3 cm³/mol. The van der Waals surface area contributed by atoms with Gasteiger partial charge in [0.15, 0.2) is 0 Å². The van der Waals surface area contributed by atoms with E-state index in [1.54, 1.807) is 10.9 Å². The van der Waals surface area contributed by atoms with Crippen LogP contribution in [0.5, 0.6) is 0 Å². The van der Waals surface area contributed by atoms with Gasteiger partial charge in [0.25, 0.3) is 0 Å². The van der Waals surface area contributed by atoms with Crippen LogP contribution in [-0.2, 0) is 4.79 Å². The van der Waals surface area contributed by atoms with Crippen molar-refractivity contribution in [1.82, 2.24) is 9.78 Å². The van der Waals surface area contributed by atoms with Crippen molar-refractivity contribution in [3.63, 3.8) is 0 Å². The molecule has 0 saturated heterocycles. The molecule has 0 aliphatic carbocycles. The molecule has 0 bridgehead atoms. The van der Waals surface area contributed by atoms with Crippen molar-refractivity contribution in [2.45, 2.75) is 26.2 Å². The fraction of sp³-hybridized carbons (Fsp3) is 0.375. The minimum absolute atomic E-state index is 0.0384. The predicted octanol–water partition coefficient (Wildman–Crippen LogP) is 2.58. The highest BCUT2D eigenvalue weighted by molar-refractivity contribution is 5.90. The van der Waals surface area contributed by atoms with Crippen molar-refractivity contribution in [3.8, 4) is 5.69 Å². The monoisotopic (exact) mass is 286 g/mol. The maximum atomic E-state index is 12.0. The first-order valence-electron chi connectivity index (χ1n) is 7.29. The molecule has 0 radical (unpaired) electrons. The Morgan fingerprint density at radius 2 is 2.24 bits per heavy atom. The van der Waals surface area contributed by atoms with Gasteiger partial charge < -0.3 is 11.1 Å². The first kappa shape index (κ1) is 15.3. The van der Waals surface area contributed by atoms with Crippen molar-refractivity contribution < 1.29 is 4.79 Å². The first-order chi connectivity index (χ1) is 10.2. The zero-order chi connectivity index (χ0) is 15.1. The van der Waals surface area contributed by atoms with E-state index in [4.69, 9.17) is 5.73 Å². The van der Waals surface area contributed by atoms with Crippen molar-refractivity contribution >= 4 is 11.6 Å². The number of benzene rings is 1. The van der Waals surface area contributed by atoms with E-state index in [1.807, 2.05) is 36.5 Å². The van der Waals surface area contributed by atoms with Crippen LogP contribution in [0.15, 0.2) is 42.7 Å². The smallest absolute Gasteiger partial charge is 0.224 e. The fourth-order valence-corrected chi connectivity index (χ4v) is 2.18. The molecule has 1 unspecified atom stereocenters. The normalized spacial score (nSPS) is 12.1. The van der Waals surface area contributed by atoms with E-state index >= 15 is 0 Å². The third-order valence-electron chi connectivity index (χ3n) is 3.42. The topological polar surface area (TPSA) is 72.9 Å². The van der Waals surface area contributed by atoms with E-state index < -0.39 is 0 Å². The third-order valence-corrected chi connectivity index (χ3v) is 3.42. The van der Waals surface area contributed by atoms with Gasteiger partial charge in [0.05, 0.1) is 5.69 Å². The summed E-state index contributed by atoms with van der Waals surface area (Å²) in [6.45, 7) is 2.80. The van der Waals surface area contributed by atoms with E-state index in [0.29, 0.717) is 18.9 Å². The van der Waals surface area contributed by atoms with Crippen molar-refractivity contribution in [3.05, 3.63) is 42.7 Å². The Kier molecular flexibility index (Phi) is 5.51. The van der Waals surface area contributed by atoms with E-state index in [1.165, 1.54) is 0 Å². The Bertz CT molecular complexity index is 565. The number of aromatic nitrogens is 2. The molecule has 1 atom stereocenters. The van der Waals surface area contributed by atoms with Crippen LogP contribution in [0.25, 0.3) is 5.69 Å². The van der Waals surface area contributed by atoms with E-state index in [9.17, 15) is 4.79 Å². The second-order valence-electron chi connectivity index (χ2n) is 5.27. The van der Waals surface area contributed by atoms with Crippen LogP contribution in [-0.4, -0.2) is 22.2 Å². The molecule has 2 aromatic rings. The van der Waals surface area contributed by atoms with Crippen LogP contribution >= 0.6 is 0 Å². The molecule has 3 N–H and O–H groups in total. The molecule has 5 nitrogen and oxygen atoms in total. The molecule has 0 spiro atoms.